The molecule has 0 radical (unpaired) electrons. The van der Waals surface area contributed by atoms with Gasteiger partial charge in [0.25, 0.3) is 11.8 Å². The number of alkyl halides is 3. The highest BCUT2D eigenvalue weighted by Crippen LogP contribution is 2.32. The van der Waals surface area contributed by atoms with Crippen LogP contribution in [-0.2, 0) is 15.7 Å². The topological polar surface area (TPSA) is 84.5 Å². The molecule has 2 aromatic rings. The third-order valence-electron chi connectivity index (χ3n) is 2.90. The molecule has 0 bridgehead atoms. The molecule has 11 heteroatoms. The van der Waals surface area contributed by atoms with Crippen LogP contribution in [0.25, 0.3) is 0 Å². The second kappa shape index (κ2) is 7.95. The van der Waals surface area contributed by atoms with E-state index in [4.69, 9.17) is 0 Å². The highest BCUT2D eigenvalue weighted by atomic mass is 32.1. The molecular formula is C15H10F4N2O4S. The zero-order valence-electron chi connectivity index (χ0n) is 12.7. The van der Waals surface area contributed by atoms with E-state index < -0.39 is 47.5 Å². The van der Waals surface area contributed by atoms with Crippen LogP contribution in [-0.4, -0.2) is 24.4 Å². The van der Waals surface area contributed by atoms with E-state index in [1.54, 1.807) is 11.4 Å². The molecule has 0 aliphatic rings. The van der Waals surface area contributed by atoms with Crippen molar-refractivity contribution in [2.75, 3.05) is 6.61 Å². The van der Waals surface area contributed by atoms with Crippen molar-refractivity contribution in [1.82, 2.24) is 10.9 Å². The molecule has 0 atom stereocenters. The largest absolute Gasteiger partial charge is 0.452 e. The number of thiophene rings is 1. The number of halogens is 4. The van der Waals surface area contributed by atoms with E-state index in [1.807, 2.05) is 5.43 Å². The van der Waals surface area contributed by atoms with Crippen LogP contribution in [0, 0.1) is 5.82 Å². The molecule has 2 amide bonds. The fourth-order valence-corrected chi connectivity index (χ4v) is 2.33. The summed E-state index contributed by atoms with van der Waals surface area (Å²) in [6, 6.07) is 4.69. The SMILES string of the molecule is O=C(COC(=O)c1ccc(F)c(C(F)(F)F)c1)NNC(=O)c1cccs1. The Hall–Kier alpha value is -2.95. The van der Waals surface area contributed by atoms with Crippen LogP contribution in [0.4, 0.5) is 17.6 Å². The van der Waals surface area contributed by atoms with Gasteiger partial charge in [0.15, 0.2) is 6.61 Å². The summed E-state index contributed by atoms with van der Waals surface area (Å²) < 4.78 is 55.5. The molecular weight excluding hydrogens is 380 g/mol. The minimum atomic E-state index is -4.98. The van der Waals surface area contributed by atoms with Crippen molar-refractivity contribution < 1.29 is 36.7 Å². The van der Waals surface area contributed by atoms with E-state index in [0.717, 1.165) is 17.4 Å². The average Bonchev–Trinajstić information content (AvgIpc) is 3.11. The van der Waals surface area contributed by atoms with Gasteiger partial charge in [-0.3, -0.25) is 20.4 Å². The van der Waals surface area contributed by atoms with Gasteiger partial charge in [-0.1, -0.05) is 6.07 Å². The number of hydrazine groups is 1. The Kier molecular flexibility index (Phi) is 5.93. The minimum Gasteiger partial charge on any atom is -0.452 e. The fraction of sp³-hybridized carbons (Fsp3) is 0.133. The van der Waals surface area contributed by atoms with Crippen LogP contribution in [0.15, 0.2) is 35.7 Å². The molecule has 0 spiro atoms. The van der Waals surface area contributed by atoms with Gasteiger partial charge in [-0.15, -0.1) is 11.3 Å². The Labute approximate surface area is 147 Å². The number of ether oxygens (including phenoxy) is 1. The summed E-state index contributed by atoms with van der Waals surface area (Å²) in [5.74, 6) is -4.30. The summed E-state index contributed by atoms with van der Waals surface area (Å²) in [4.78, 5) is 35.1. The number of carbonyl (C=O) groups excluding carboxylic acids is 3. The number of hydrogen-bond acceptors (Lipinski definition) is 5. The molecule has 26 heavy (non-hydrogen) atoms. The minimum absolute atomic E-state index is 0.286. The summed E-state index contributed by atoms with van der Waals surface area (Å²) in [5.41, 5.74) is 1.84. The lowest BCUT2D eigenvalue weighted by Crippen LogP contribution is -2.43. The van der Waals surface area contributed by atoms with Gasteiger partial charge in [0, 0.05) is 0 Å². The zero-order chi connectivity index (χ0) is 19.3. The number of carbonyl (C=O) groups is 3. The van der Waals surface area contributed by atoms with Crippen LogP contribution in [0.1, 0.15) is 25.6 Å². The molecule has 0 fully saturated rings. The van der Waals surface area contributed by atoms with E-state index in [2.05, 4.69) is 10.2 Å². The number of amides is 2. The number of nitrogens with one attached hydrogen (secondary N) is 2. The molecule has 2 N–H and O–H groups in total. The van der Waals surface area contributed by atoms with Crippen LogP contribution < -0.4 is 10.9 Å². The second-order valence-corrected chi connectivity index (χ2v) is 5.70. The van der Waals surface area contributed by atoms with E-state index in [1.165, 1.54) is 6.07 Å². The number of rotatable bonds is 4. The maximum absolute atomic E-state index is 13.2. The van der Waals surface area contributed by atoms with Crippen molar-refractivity contribution in [2.24, 2.45) is 0 Å². The lowest BCUT2D eigenvalue weighted by Gasteiger charge is -2.10. The second-order valence-electron chi connectivity index (χ2n) is 4.75. The van der Waals surface area contributed by atoms with Crippen molar-refractivity contribution in [3.63, 3.8) is 0 Å². The Morgan fingerprint density at radius 2 is 1.85 bits per heavy atom. The van der Waals surface area contributed by atoms with Crippen molar-refractivity contribution >= 4 is 29.1 Å². The van der Waals surface area contributed by atoms with Gasteiger partial charge in [-0.05, 0) is 29.6 Å². The molecule has 2 rings (SSSR count). The smallest absolute Gasteiger partial charge is 0.419 e. The van der Waals surface area contributed by atoms with Crippen molar-refractivity contribution in [3.8, 4) is 0 Å². The summed E-state index contributed by atoms with van der Waals surface area (Å²) in [5, 5.41) is 1.65. The van der Waals surface area contributed by atoms with Gasteiger partial charge in [-0.2, -0.15) is 13.2 Å². The average molecular weight is 390 g/mol. The lowest BCUT2D eigenvalue weighted by atomic mass is 10.1. The number of esters is 1. The van der Waals surface area contributed by atoms with E-state index in [9.17, 15) is 31.9 Å². The third-order valence-corrected chi connectivity index (χ3v) is 3.77. The molecule has 138 valence electrons. The zero-order valence-corrected chi connectivity index (χ0v) is 13.5. The molecule has 0 saturated carbocycles. The summed E-state index contributed by atoms with van der Waals surface area (Å²) in [6.07, 6.45) is -4.98. The number of hydrogen-bond donors (Lipinski definition) is 2. The highest BCUT2D eigenvalue weighted by molar-refractivity contribution is 7.12. The maximum atomic E-state index is 13.2. The molecule has 0 aliphatic carbocycles. The van der Waals surface area contributed by atoms with Crippen molar-refractivity contribution in [3.05, 3.63) is 57.5 Å². The fourth-order valence-electron chi connectivity index (χ4n) is 1.72. The molecule has 1 aromatic carbocycles. The van der Waals surface area contributed by atoms with Gasteiger partial charge in [0.1, 0.15) is 5.82 Å². The quantitative estimate of drug-likeness (QED) is 0.477. The molecule has 6 nitrogen and oxygen atoms in total. The van der Waals surface area contributed by atoms with Gasteiger partial charge < -0.3 is 4.74 Å². The summed E-state index contributed by atoms with van der Waals surface area (Å²) in [7, 11) is 0. The molecule has 0 aliphatic heterocycles. The highest BCUT2D eigenvalue weighted by Gasteiger charge is 2.34. The van der Waals surface area contributed by atoms with Crippen LogP contribution in [0.3, 0.4) is 0 Å². The van der Waals surface area contributed by atoms with E-state index >= 15 is 0 Å². The lowest BCUT2D eigenvalue weighted by molar-refractivity contribution is -0.140. The summed E-state index contributed by atoms with van der Waals surface area (Å²) in [6.45, 7) is -0.859. The maximum Gasteiger partial charge on any atom is 0.419 e. The molecule has 1 aromatic heterocycles. The number of benzene rings is 1. The Morgan fingerprint density at radius 3 is 2.46 bits per heavy atom. The van der Waals surface area contributed by atoms with Crippen molar-refractivity contribution in [1.29, 1.82) is 0 Å². The molecule has 1 heterocycles. The first-order valence-corrected chi connectivity index (χ1v) is 7.73. The predicted molar refractivity (Wildman–Crippen MR) is 81.6 cm³/mol. The first-order chi connectivity index (χ1) is 12.2. The Morgan fingerprint density at radius 1 is 1.12 bits per heavy atom. The molecule has 0 unspecified atom stereocenters. The third kappa shape index (κ3) is 5.02. The van der Waals surface area contributed by atoms with Gasteiger partial charge in [0.2, 0.25) is 0 Å². The van der Waals surface area contributed by atoms with E-state index in [-0.39, 0.29) is 6.07 Å². The summed E-state index contributed by atoms with van der Waals surface area (Å²) >= 11 is 1.13. The van der Waals surface area contributed by atoms with Gasteiger partial charge in [0.05, 0.1) is 16.0 Å². The Balaban J connectivity index is 1.88. The van der Waals surface area contributed by atoms with Crippen LogP contribution in [0.5, 0.6) is 0 Å². The van der Waals surface area contributed by atoms with Crippen molar-refractivity contribution in [2.45, 2.75) is 6.18 Å². The normalized spacial score (nSPS) is 10.9. The van der Waals surface area contributed by atoms with Crippen LogP contribution in [0.2, 0.25) is 0 Å². The standard InChI is InChI=1S/C15H10F4N2O4S/c16-10-4-3-8(6-9(10)15(17,18)19)14(24)25-7-12(22)20-21-13(23)11-2-1-5-26-11/h1-6H,7H2,(H,20,22)(H,21,23). The predicted octanol–water partition coefficient (Wildman–Crippen LogP) is 2.52. The van der Waals surface area contributed by atoms with Crippen LogP contribution >= 0.6 is 11.3 Å². The first kappa shape index (κ1) is 19.4. The Bertz CT molecular complexity index is 822. The van der Waals surface area contributed by atoms with E-state index in [0.29, 0.717) is 10.9 Å². The monoisotopic (exact) mass is 390 g/mol. The first-order valence-electron chi connectivity index (χ1n) is 6.85. The molecule has 0 saturated heterocycles. The van der Waals surface area contributed by atoms with Gasteiger partial charge >= 0.3 is 12.1 Å². The van der Waals surface area contributed by atoms with Gasteiger partial charge in [-0.25, -0.2) is 9.18 Å².